The van der Waals surface area contributed by atoms with Crippen molar-refractivity contribution in [2.75, 3.05) is 13.2 Å². The summed E-state index contributed by atoms with van der Waals surface area (Å²) in [7, 11) is 0. The number of ketones is 1. The van der Waals surface area contributed by atoms with Crippen molar-refractivity contribution in [2.45, 2.75) is 31.6 Å². The first-order valence-corrected chi connectivity index (χ1v) is 11.5. The number of fused-ring (bicyclic) bond motifs is 1. The Hall–Kier alpha value is -3.48. The van der Waals surface area contributed by atoms with Crippen LogP contribution >= 0.6 is 0 Å². The van der Waals surface area contributed by atoms with Gasteiger partial charge in [0.25, 0.3) is 5.91 Å². The summed E-state index contributed by atoms with van der Waals surface area (Å²) in [5.41, 5.74) is 2.24. The van der Waals surface area contributed by atoms with Crippen LogP contribution in [0.25, 0.3) is 0 Å². The van der Waals surface area contributed by atoms with Gasteiger partial charge in [0.15, 0.2) is 5.78 Å². The molecule has 6 nitrogen and oxygen atoms in total. The lowest BCUT2D eigenvalue weighted by atomic mass is 9.92. The summed E-state index contributed by atoms with van der Waals surface area (Å²) in [6.07, 6.45) is -0.149. The van der Waals surface area contributed by atoms with Gasteiger partial charge in [0.05, 0.1) is 25.4 Å². The minimum absolute atomic E-state index is 0.0172. The van der Waals surface area contributed by atoms with E-state index in [9.17, 15) is 9.59 Å². The fraction of sp³-hybridized carbons (Fsp3) is 0.286. The average Bonchev–Trinajstić information content (AvgIpc) is 3.43. The first-order valence-electron chi connectivity index (χ1n) is 11.5. The lowest BCUT2D eigenvalue weighted by molar-refractivity contribution is 0.0591. The summed E-state index contributed by atoms with van der Waals surface area (Å²) in [5.74, 6) is 1.16. The van der Waals surface area contributed by atoms with Crippen LogP contribution in [0.3, 0.4) is 0 Å². The Kier molecular flexibility index (Phi) is 6.43. The third-order valence-electron chi connectivity index (χ3n) is 6.34. The second-order valence-corrected chi connectivity index (χ2v) is 8.88. The smallest absolute Gasteiger partial charge is 0.251 e. The van der Waals surface area contributed by atoms with Gasteiger partial charge in [-0.15, -0.1) is 0 Å². The first-order chi connectivity index (χ1) is 16.6. The lowest BCUT2D eigenvalue weighted by Crippen LogP contribution is -2.44. The Morgan fingerprint density at radius 3 is 2.41 bits per heavy atom. The molecule has 3 aromatic rings. The maximum absolute atomic E-state index is 13.0. The molecule has 1 N–H and O–H groups in total. The number of rotatable bonds is 7. The zero-order valence-corrected chi connectivity index (χ0v) is 19.0. The number of carbonyl (C=O) groups is 2. The predicted octanol–water partition coefficient (Wildman–Crippen LogP) is 4.57. The molecule has 4 atom stereocenters. The summed E-state index contributed by atoms with van der Waals surface area (Å²) in [6, 6.07) is 23.9. The highest BCUT2D eigenvalue weighted by molar-refractivity contribution is 5.96. The number of ether oxygens (including phenoxy) is 3. The molecule has 6 heteroatoms. The second-order valence-electron chi connectivity index (χ2n) is 8.88. The Balaban J connectivity index is 1.19. The molecular formula is C28H27NO5. The van der Waals surface area contributed by atoms with Gasteiger partial charge in [0, 0.05) is 23.5 Å². The maximum Gasteiger partial charge on any atom is 0.251 e. The first kappa shape index (κ1) is 22.3. The Bertz CT molecular complexity index is 1180. The molecule has 2 heterocycles. The van der Waals surface area contributed by atoms with Gasteiger partial charge in [0.2, 0.25) is 0 Å². The van der Waals surface area contributed by atoms with E-state index in [1.165, 1.54) is 0 Å². The molecule has 0 aliphatic carbocycles. The topological polar surface area (TPSA) is 73.9 Å². The molecule has 0 unspecified atom stereocenters. The number of aryl methyl sites for hydroxylation is 1. The highest BCUT2D eigenvalue weighted by Crippen LogP contribution is 2.34. The number of para-hydroxylation sites is 1. The van der Waals surface area contributed by atoms with Crippen LogP contribution in [0.2, 0.25) is 0 Å². The summed E-state index contributed by atoms with van der Waals surface area (Å²) >= 11 is 0. The highest BCUT2D eigenvalue weighted by atomic mass is 16.6. The fourth-order valence-corrected chi connectivity index (χ4v) is 4.63. The van der Waals surface area contributed by atoms with Crippen LogP contribution in [-0.4, -0.2) is 43.2 Å². The van der Waals surface area contributed by atoms with Crippen LogP contribution in [-0.2, 0) is 9.47 Å². The zero-order valence-electron chi connectivity index (χ0n) is 19.0. The predicted molar refractivity (Wildman–Crippen MR) is 127 cm³/mol. The molecule has 1 amide bonds. The van der Waals surface area contributed by atoms with Crippen LogP contribution in [0, 0.1) is 12.8 Å². The molecule has 2 saturated heterocycles. The Labute approximate surface area is 198 Å². The molecule has 2 aliphatic heterocycles. The molecule has 2 aliphatic rings. The van der Waals surface area contributed by atoms with Gasteiger partial charge in [-0.1, -0.05) is 48.0 Å². The van der Waals surface area contributed by atoms with Crippen molar-refractivity contribution < 1.29 is 23.8 Å². The third-order valence-corrected chi connectivity index (χ3v) is 6.34. The lowest BCUT2D eigenvalue weighted by Gasteiger charge is -2.18. The molecule has 0 saturated carbocycles. The number of hydrogen-bond donors (Lipinski definition) is 1. The average molecular weight is 458 g/mol. The monoisotopic (exact) mass is 457 g/mol. The minimum atomic E-state index is -0.251. The van der Waals surface area contributed by atoms with Crippen LogP contribution in [0.15, 0.2) is 78.9 Å². The largest absolute Gasteiger partial charge is 0.457 e. The molecule has 174 valence electrons. The molecule has 5 rings (SSSR count). The molecular weight excluding hydrogens is 430 g/mol. The standard InChI is InChI=1S/C28H27NO5/c1-18-7-5-9-20(13-18)28(31)29-24-17-33-26-21(16-32-27(24)26)15-25(30)19-8-6-12-23(14-19)34-22-10-3-2-4-11-22/h2-14,21,24,26-27H,15-17H2,1H3,(H,29,31)/t21-,24-,26+,27+/m0/s1. The molecule has 3 aromatic carbocycles. The van der Waals surface area contributed by atoms with E-state index >= 15 is 0 Å². The quantitative estimate of drug-likeness (QED) is 0.526. The van der Waals surface area contributed by atoms with E-state index in [2.05, 4.69) is 5.32 Å². The third kappa shape index (κ3) is 4.88. The van der Waals surface area contributed by atoms with E-state index in [0.717, 1.165) is 11.3 Å². The van der Waals surface area contributed by atoms with Crippen LogP contribution in [0.1, 0.15) is 32.7 Å². The second kappa shape index (κ2) is 9.79. The van der Waals surface area contributed by atoms with Crippen molar-refractivity contribution in [3.05, 3.63) is 95.6 Å². The van der Waals surface area contributed by atoms with Crippen molar-refractivity contribution in [2.24, 2.45) is 5.92 Å². The Morgan fingerprint density at radius 1 is 0.853 bits per heavy atom. The van der Waals surface area contributed by atoms with Crippen molar-refractivity contribution >= 4 is 11.7 Å². The van der Waals surface area contributed by atoms with E-state index in [1.807, 2.05) is 67.6 Å². The number of nitrogens with one attached hydrogen (secondary N) is 1. The van der Waals surface area contributed by atoms with Gasteiger partial charge in [-0.25, -0.2) is 0 Å². The SMILES string of the molecule is Cc1cccc(C(=O)N[C@H]2CO[C@@H]3[C@@H](CC(=O)c4cccc(Oc5ccccc5)c4)CO[C@@H]32)c1. The highest BCUT2D eigenvalue weighted by Gasteiger charge is 2.48. The van der Waals surface area contributed by atoms with E-state index in [4.69, 9.17) is 14.2 Å². The molecule has 0 bridgehead atoms. The van der Waals surface area contributed by atoms with Gasteiger partial charge in [-0.3, -0.25) is 9.59 Å². The van der Waals surface area contributed by atoms with E-state index in [-0.39, 0.29) is 35.9 Å². The molecule has 0 aromatic heterocycles. The normalized spacial score (nSPS) is 23.3. The summed E-state index contributed by atoms with van der Waals surface area (Å²) < 4.78 is 17.8. The summed E-state index contributed by atoms with van der Waals surface area (Å²) in [6.45, 7) is 2.76. The van der Waals surface area contributed by atoms with Crippen molar-refractivity contribution in [3.63, 3.8) is 0 Å². The van der Waals surface area contributed by atoms with Gasteiger partial charge in [-0.05, 0) is 43.3 Å². The molecule has 2 fully saturated rings. The number of hydrogen-bond acceptors (Lipinski definition) is 5. The van der Waals surface area contributed by atoms with E-state index in [0.29, 0.717) is 36.5 Å². The van der Waals surface area contributed by atoms with E-state index in [1.54, 1.807) is 18.2 Å². The number of Topliss-reactive ketones (excluding diaryl/α,β-unsaturated/α-hetero) is 1. The van der Waals surface area contributed by atoms with Gasteiger partial charge >= 0.3 is 0 Å². The van der Waals surface area contributed by atoms with Gasteiger partial charge in [0.1, 0.15) is 17.6 Å². The van der Waals surface area contributed by atoms with E-state index < -0.39 is 0 Å². The summed E-state index contributed by atoms with van der Waals surface area (Å²) in [4.78, 5) is 25.7. The van der Waals surface area contributed by atoms with Crippen molar-refractivity contribution in [1.29, 1.82) is 0 Å². The zero-order chi connectivity index (χ0) is 23.5. The maximum atomic E-state index is 13.0. The van der Waals surface area contributed by atoms with Gasteiger partial charge < -0.3 is 19.5 Å². The van der Waals surface area contributed by atoms with Crippen molar-refractivity contribution in [3.8, 4) is 11.5 Å². The summed E-state index contributed by atoms with van der Waals surface area (Å²) in [5, 5.41) is 3.04. The number of amides is 1. The minimum Gasteiger partial charge on any atom is -0.457 e. The van der Waals surface area contributed by atoms with Crippen LogP contribution < -0.4 is 10.1 Å². The fourth-order valence-electron chi connectivity index (χ4n) is 4.63. The van der Waals surface area contributed by atoms with Crippen LogP contribution in [0.4, 0.5) is 0 Å². The van der Waals surface area contributed by atoms with Crippen LogP contribution in [0.5, 0.6) is 11.5 Å². The van der Waals surface area contributed by atoms with Gasteiger partial charge in [-0.2, -0.15) is 0 Å². The molecule has 0 radical (unpaired) electrons. The number of carbonyl (C=O) groups excluding carboxylic acids is 2. The Morgan fingerprint density at radius 2 is 1.59 bits per heavy atom. The molecule has 34 heavy (non-hydrogen) atoms. The number of benzene rings is 3. The van der Waals surface area contributed by atoms with Crippen molar-refractivity contribution in [1.82, 2.24) is 5.32 Å². The molecule has 0 spiro atoms.